The van der Waals surface area contributed by atoms with Gasteiger partial charge in [0.25, 0.3) is 0 Å². The van der Waals surface area contributed by atoms with Crippen molar-refractivity contribution in [1.82, 2.24) is 25.9 Å². The molecular weight excluding hydrogens is 580 g/mol. The molecule has 5 atom stereocenters. The standard InChI is InChI=1S/C31H46N8O6/c1-19(2)29(42)37-25(14-21-9-11-23(45-3)12-10-21)30(43)38-26(15-22-16-33-18-34-22)31(44)36-24(13-20-7-5-4-6-8-20)28(41)27(40)17-35-39-32/h9-12,16,18-20,24-28,40-41H,4-8,13-15,17H2,1-3H3,(H,33,34)(H,36,44)(H,37,42)(H,38,43)/t24-,25+,26+,27-,28+/m1/s1. The summed E-state index contributed by atoms with van der Waals surface area (Å²) >= 11 is 0. The number of aromatic nitrogens is 2. The lowest BCUT2D eigenvalue weighted by molar-refractivity contribution is -0.133. The van der Waals surface area contributed by atoms with Gasteiger partial charge in [0, 0.05) is 35.6 Å². The second-order valence-electron chi connectivity index (χ2n) is 11.9. The molecule has 14 heteroatoms. The predicted octanol–water partition coefficient (Wildman–Crippen LogP) is 2.32. The number of nitrogens with one attached hydrogen (secondary N) is 4. The third-order valence-electron chi connectivity index (χ3n) is 8.15. The molecule has 3 amide bonds. The molecule has 1 aromatic carbocycles. The summed E-state index contributed by atoms with van der Waals surface area (Å²) in [5.41, 5.74) is 10.0. The highest BCUT2D eigenvalue weighted by molar-refractivity contribution is 5.92. The quantitative estimate of drug-likeness (QED) is 0.0874. The molecule has 1 heterocycles. The minimum atomic E-state index is -1.40. The Morgan fingerprint density at radius 1 is 1.02 bits per heavy atom. The van der Waals surface area contributed by atoms with Crippen LogP contribution in [-0.2, 0) is 27.2 Å². The summed E-state index contributed by atoms with van der Waals surface area (Å²) in [5, 5.41) is 33.4. The van der Waals surface area contributed by atoms with Gasteiger partial charge in [-0.1, -0.05) is 63.2 Å². The molecule has 0 spiro atoms. The van der Waals surface area contributed by atoms with Crippen molar-refractivity contribution in [2.24, 2.45) is 17.0 Å². The van der Waals surface area contributed by atoms with E-state index < -0.39 is 42.1 Å². The van der Waals surface area contributed by atoms with Gasteiger partial charge in [-0.05, 0) is 35.6 Å². The number of ether oxygens (including phenoxy) is 1. The molecule has 45 heavy (non-hydrogen) atoms. The molecule has 3 rings (SSSR count). The van der Waals surface area contributed by atoms with Crippen LogP contribution in [0.1, 0.15) is 63.6 Å². The molecule has 0 bridgehead atoms. The largest absolute Gasteiger partial charge is 0.497 e. The summed E-state index contributed by atoms with van der Waals surface area (Å²) in [6.07, 6.45) is 5.91. The van der Waals surface area contributed by atoms with E-state index in [1.54, 1.807) is 51.4 Å². The Balaban J connectivity index is 1.84. The monoisotopic (exact) mass is 626 g/mol. The molecule has 246 valence electrons. The Kier molecular flexibility index (Phi) is 14.1. The summed E-state index contributed by atoms with van der Waals surface area (Å²) in [6.45, 7) is 3.09. The fraction of sp³-hybridized carbons (Fsp3) is 0.613. The Bertz CT molecular complexity index is 1260. The van der Waals surface area contributed by atoms with Gasteiger partial charge >= 0.3 is 0 Å². The first-order valence-electron chi connectivity index (χ1n) is 15.5. The average molecular weight is 627 g/mol. The molecule has 1 aliphatic rings. The summed E-state index contributed by atoms with van der Waals surface area (Å²) < 4.78 is 5.22. The van der Waals surface area contributed by atoms with E-state index in [0.29, 0.717) is 17.9 Å². The highest BCUT2D eigenvalue weighted by atomic mass is 16.5. The van der Waals surface area contributed by atoms with Crippen molar-refractivity contribution in [2.45, 2.75) is 95.5 Å². The number of imidazole rings is 1. The van der Waals surface area contributed by atoms with Crippen molar-refractivity contribution < 1.29 is 29.3 Å². The smallest absolute Gasteiger partial charge is 0.243 e. The number of H-pyrrole nitrogens is 1. The van der Waals surface area contributed by atoms with E-state index in [-0.39, 0.29) is 37.1 Å². The van der Waals surface area contributed by atoms with Crippen molar-refractivity contribution in [3.05, 3.63) is 58.5 Å². The lowest BCUT2D eigenvalue weighted by atomic mass is 9.83. The molecule has 1 aliphatic carbocycles. The van der Waals surface area contributed by atoms with Crippen molar-refractivity contribution in [3.8, 4) is 5.75 Å². The minimum absolute atomic E-state index is 0.0540. The maximum atomic E-state index is 13.8. The number of hydrogen-bond acceptors (Lipinski definition) is 8. The van der Waals surface area contributed by atoms with Gasteiger partial charge in [0.05, 0.1) is 32.1 Å². The number of aromatic amines is 1. The Labute approximate surface area is 263 Å². The number of aliphatic hydroxyl groups excluding tert-OH is 2. The summed E-state index contributed by atoms with van der Waals surface area (Å²) in [6, 6.07) is 4.17. The highest BCUT2D eigenvalue weighted by Gasteiger charge is 2.34. The molecule has 0 aliphatic heterocycles. The van der Waals surface area contributed by atoms with Crippen LogP contribution in [0.5, 0.6) is 5.75 Å². The van der Waals surface area contributed by atoms with Gasteiger partial charge in [-0.25, -0.2) is 4.98 Å². The Morgan fingerprint density at radius 3 is 2.27 bits per heavy atom. The SMILES string of the molecule is COc1ccc(C[C@H](NC(=O)C(C)C)C(=O)N[C@@H](Cc2cnc[nH]2)C(=O)N[C@H](CC2CCCCC2)[C@H](O)[C@H](O)CN=[N+]=[N-])cc1. The second-order valence-corrected chi connectivity index (χ2v) is 11.9. The third-order valence-corrected chi connectivity index (χ3v) is 8.15. The van der Waals surface area contributed by atoms with Gasteiger partial charge in [0.1, 0.15) is 23.9 Å². The van der Waals surface area contributed by atoms with Crippen molar-refractivity contribution in [3.63, 3.8) is 0 Å². The molecule has 6 N–H and O–H groups in total. The van der Waals surface area contributed by atoms with Crippen molar-refractivity contribution in [2.75, 3.05) is 13.7 Å². The molecular formula is C31H46N8O6. The number of aliphatic hydroxyl groups is 2. The van der Waals surface area contributed by atoms with E-state index in [0.717, 1.165) is 37.7 Å². The number of carbonyl (C=O) groups is 3. The summed E-state index contributed by atoms with van der Waals surface area (Å²) in [5.74, 6) is -0.954. The highest BCUT2D eigenvalue weighted by Crippen LogP contribution is 2.28. The van der Waals surface area contributed by atoms with E-state index in [4.69, 9.17) is 10.3 Å². The molecule has 0 unspecified atom stereocenters. The molecule has 0 radical (unpaired) electrons. The third kappa shape index (κ3) is 11.4. The van der Waals surface area contributed by atoms with Gasteiger partial charge in [-0.15, -0.1) is 0 Å². The molecule has 14 nitrogen and oxygen atoms in total. The normalized spacial score (nSPS) is 16.8. The number of nitrogens with zero attached hydrogens (tertiary/aromatic N) is 4. The zero-order valence-corrected chi connectivity index (χ0v) is 26.2. The predicted molar refractivity (Wildman–Crippen MR) is 167 cm³/mol. The van der Waals surface area contributed by atoms with Crippen LogP contribution in [0.15, 0.2) is 41.9 Å². The Hall–Kier alpha value is -4.13. The number of methoxy groups -OCH3 is 1. The van der Waals surface area contributed by atoms with Crippen LogP contribution in [0.3, 0.4) is 0 Å². The number of hydrogen-bond donors (Lipinski definition) is 6. The lowest BCUT2D eigenvalue weighted by Crippen LogP contribution is -2.58. The number of rotatable bonds is 17. The van der Waals surface area contributed by atoms with Crippen LogP contribution in [-0.4, -0.2) is 81.9 Å². The summed E-state index contributed by atoms with van der Waals surface area (Å²) in [4.78, 5) is 49.9. The number of amides is 3. The van der Waals surface area contributed by atoms with Crippen molar-refractivity contribution in [1.29, 1.82) is 0 Å². The Morgan fingerprint density at radius 2 is 1.67 bits per heavy atom. The summed E-state index contributed by atoms with van der Waals surface area (Å²) in [7, 11) is 1.55. The van der Waals surface area contributed by atoms with Crippen LogP contribution in [0.25, 0.3) is 10.4 Å². The first-order valence-corrected chi connectivity index (χ1v) is 15.5. The van der Waals surface area contributed by atoms with E-state index in [9.17, 15) is 24.6 Å². The van der Waals surface area contributed by atoms with Crippen molar-refractivity contribution >= 4 is 17.7 Å². The maximum absolute atomic E-state index is 13.8. The van der Waals surface area contributed by atoms with Gasteiger partial charge in [0.2, 0.25) is 17.7 Å². The zero-order chi connectivity index (χ0) is 32.8. The fourth-order valence-corrected chi connectivity index (χ4v) is 5.49. The van der Waals surface area contributed by atoms with Crippen LogP contribution in [0, 0.1) is 11.8 Å². The fourth-order valence-electron chi connectivity index (χ4n) is 5.49. The van der Waals surface area contributed by atoms with Crippen LogP contribution < -0.4 is 20.7 Å². The minimum Gasteiger partial charge on any atom is -0.497 e. The maximum Gasteiger partial charge on any atom is 0.243 e. The van der Waals surface area contributed by atoms with E-state index in [1.807, 2.05) is 0 Å². The van der Waals surface area contributed by atoms with Crippen LogP contribution in [0.2, 0.25) is 0 Å². The van der Waals surface area contributed by atoms with Gasteiger partial charge in [0.15, 0.2) is 0 Å². The zero-order valence-electron chi connectivity index (χ0n) is 26.2. The van der Waals surface area contributed by atoms with E-state index in [2.05, 4.69) is 35.9 Å². The number of carbonyl (C=O) groups excluding carboxylic acids is 3. The average Bonchev–Trinajstić information content (AvgIpc) is 3.56. The van der Waals surface area contributed by atoms with Gasteiger partial charge in [-0.2, -0.15) is 0 Å². The van der Waals surface area contributed by atoms with Crippen LogP contribution in [0.4, 0.5) is 0 Å². The topological polar surface area (TPSA) is 214 Å². The first kappa shape index (κ1) is 35.4. The molecule has 1 fully saturated rings. The molecule has 0 saturated heterocycles. The second kappa shape index (κ2) is 18.0. The molecule has 1 saturated carbocycles. The van der Waals surface area contributed by atoms with Gasteiger partial charge in [-0.3, -0.25) is 14.4 Å². The van der Waals surface area contributed by atoms with E-state index >= 15 is 0 Å². The first-order chi connectivity index (χ1) is 21.6. The molecule has 2 aromatic rings. The molecule has 1 aromatic heterocycles. The lowest BCUT2D eigenvalue weighted by Gasteiger charge is -2.33. The number of azide groups is 1. The van der Waals surface area contributed by atoms with Gasteiger partial charge < -0.3 is 35.9 Å². The van der Waals surface area contributed by atoms with E-state index in [1.165, 1.54) is 6.33 Å². The number of benzene rings is 1. The van der Waals surface area contributed by atoms with Crippen LogP contribution >= 0.6 is 0 Å².